The van der Waals surface area contributed by atoms with E-state index in [9.17, 15) is 9.59 Å². The third-order valence-corrected chi connectivity index (χ3v) is 2.97. The number of hydrogen-bond donors (Lipinski definition) is 2. The molecule has 0 radical (unpaired) electrons. The number of carboxylic acid groups (broad SMARTS) is 1. The van der Waals surface area contributed by atoms with E-state index in [1.807, 2.05) is 0 Å². The number of aliphatic carboxylic acids is 1. The molecule has 0 spiro atoms. The summed E-state index contributed by atoms with van der Waals surface area (Å²) in [6, 6.07) is 3.40. The summed E-state index contributed by atoms with van der Waals surface area (Å²) in [6.07, 6.45) is 0. The summed E-state index contributed by atoms with van der Waals surface area (Å²) >= 11 is 3.22. The molecule has 1 aromatic heterocycles. The van der Waals surface area contributed by atoms with Crippen molar-refractivity contribution in [1.82, 2.24) is 4.98 Å². The number of rotatable bonds is 3. The highest BCUT2D eigenvalue weighted by Gasteiger charge is 2.13. The maximum absolute atomic E-state index is 11.8. The number of aryl methyl sites for hydroxylation is 1. The SMILES string of the molecule is C/C(C(=O)O)=C(/C)C(=O)Nc1ccc(Br)nc1C. The van der Waals surface area contributed by atoms with Crippen LogP contribution in [0.3, 0.4) is 0 Å². The van der Waals surface area contributed by atoms with E-state index in [1.54, 1.807) is 19.1 Å². The van der Waals surface area contributed by atoms with E-state index in [0.29, 0.717) is 16.0 Å². The minimum absolute atomic E-state index is 0.0234. The lowest BCUT2D eigenvalue weighted by molar-refractivity contribution is -0.133. The van der Waals surface area contributed by atoms with Crippen molar-refractivity contribution in [3.8, 4) is 0 Å². The highest BCUT2D eigenvalue weighted by molar-refractivity contribution is 9.10. The average Bonchev–Trinajstić information content (AvgIpc) is 2.30. The van der Waals surface area contributed by atoms with E-state index < -0.39 is 11.9 Å². The van der Waals surface area contributed by atoms with Gasteiger partial charge in [0.2, 0.25) is 0 Å². The van der Waals surface area contributed by atoms with Crippen molar-refractivity contribution in [3.63, 3.8) is 0 Å². The van der Waals surface area contributed by atoms with Crippen LogP contribution < -0.4 is 5.32 Å². The molecule has 0 fully saturated rings. The first-order valence-corrected chi connectivity index (χ1v) is 5.97. The monoisotopic (exact) mass is 312 g/mol. The first kappa shape index (κ1) is 14.4. The molecule has 0 aromatic carbocycles. The first-order chi connectivity index (χ1) is 8.32. The molecule has 0 bridgehead atoms. The molecule has 0 saturated carbocycles. The van der Waals surface area contributed by atoms with E-state index in [0.717, 1.165) is 0 Å². The predicted molar refractivity (Wildman–Crippen MR) is 71.3 cm³/mol. The molecule has 0 aliphatic heterocycles. The number of carbonyl (C=O) groups excluding carboxylic acids is 1. The highest BCUT2D eigenvalue weighted by atomic mass is 79.9. The van der Waals surface area contributed by atoms with Gasteiger partial charge in [0, 0.05) is 11.1 Å². The number of pyridine rings is 1. The van der Waals surface area contributed by atoms with Gasteiger partial charge in [0.15, 0.2) is 0 Å². The maximum atomic E-state index is 11.8. The Morgan fingerprint density at radius 2 is 1.89 bits per heavy atom. The molecule has 0 saturated heterocycles. The molecule has 0 unspecified atom stereocenters. The number of aromatic nitrogens is 1. The molecule has 6 heteroatoms. The lowest BCUT2D eigenvalue weighted by atomic mass is 10.1. The molecule has 2 N–H and O–H groups in total. The van der Waals surface area contributed by atoms with Gasteiger partial charge in [-0.1, -0.05) is 0 Å². The number of carboxylic acids is 1. The lowest BCUT2D eigenvalue weighted by Crippen LogP contribution is -2.17. The summed E-state index contributed by atoms with van der Waals surface area (Å²) in [5, 5.41) is 11.4. The summed E-state index contributed by atoms with van der Waals surface area (Å²) in [5.74, 6) is -1.55. The lowest BCUT2D eigenvalue weighted by Gasteiger charge is -2.09. The third kappa shape index (κ3) is 3.40. The average molecular weight is 313 g/mol. The second-order valence-electron chi connectivity index (χ2n) is 3.78. The van der Waals surface area contributed by atoms with Gasteiger partial charge in [-0.3, -0.25) is 4.79 Å². The van der Waals surface area contributed by atoms with Crippen molar-refractivity contribution in [2.75, 3.05) is 5.32 Å². The van der Waals surface area contributed by atoms with Gasteiger partial charge in [-0.15, -0.1) is 0 Å². The zero-order valence-electron chi connectivity index (χ0n) is 10.2. The number of nitrogens with zero attached hydrogens (tertiary/aromatic N) is 1. The van der Waals surface area contributed by atoms with Crippen molar-refractivity contribution in [3.05, 3.63) is 33.6 Å². The quantitative estimate of drug-likeness (QED) is 0.664. The molecule has 0 aliphatic rings. The largest absolute Gasteiger partial charge is 0.478 e. The Labute approximate surface area is 113 Å². The molecule has 5 nitrogen and oxygen atoms in total. The van der Waals surface area contributed by atoms with Gasteiger partial charge >= 0.3 is 5.97 Å². The van der Waals surface area contributed by atoms with Gasteiger partial charge in [0.1, 0.15) is 4.60 Å². The number of halogens is 1. The van der Waals surface area contributed by atoms with Crippen molar-refractivity contribution < 1.29 is 14.7 Å². The number of carbonyl (C=O) groups is 2. The number of anilines is 1. The van der Waals surface area contributed by atoms with E-state index in [1.165, 1.54) is 13.8 Å². The van der Waals surface area contributed by atoms with E-state index >= 15 is 0 Å². The van der Waals surface area contributed by atoms with Gasteiger partial charge in [0.25, 0.3) is 5.91 Å². The van der Waals surface area contributed by atoms with Crippen LogP contribution in [0.25, 0.3) is 0 Å². The zero-order valence-corrected chi connectivity index (χ0v) is 11.8. The Balaban J connectivity index is 2.95. The van der Waals surface area contributed by atoms with Gasteiger partial charge in [-0.25, -0.2) is 9.78 Å². The third-order valence-electron chi connectivity index (χ3n) is 2.52. The van der Waals surface area contributed by atoms with E-state index in [2.05, 4.69) is 26.2 Å². The fourth-order valence-electron chi connectivity index (χ4n) is 1.21. The second-order valence-corrected chi connectivity index (χ2v) is 4.59. The van der Waals surface area contributed by atoms with Crippen LogP contribution in [0.2, 0.25) is 0 Å². The molecule has 96 valence electrons. The fraction of sp³-hybridized carbons (Fsp3) is 0.250. The van der Waals surface area contributed by atoms with E-state index in [-0.39, 0.29) is 11.1 Å². The zero-order chi connectivity index (χ0) is 13.9. The van der Waals surface area contributed by atoms with Crippen molar-refractivity contribution >= 4 is 33.5 Å². The van der Waals surface area contributed by atoms with Gasteiger partial charge in [-0.05, 0) is 48.8 Å². The number of nitrogens with one attached hydrogen (secondary N) is 1. The van der Waals surface area contributed by atoms with Crippen LogP contribution in [0, 0.1) is 6.92 Å². The minimum atomic E-state index is -1.10. The van der Waals surface area contributed by atoms with Crippen LogP contribution in [-0.4, -0.2) is 22.0 Å². The second kappa shape index (κ2) is 5.77. The van der Waals surface area contributed by atoms with Gasteiger partial charge in [-0.2, -0.15) is 0 Å². The topological polar surface area (TPSA) is 79.3 Å². The Morgan fingerprint density at radius 1 is 1.28 bits per heavy atom. The van der Waals surface area contributed by atoms with E-state index in [4.69, 9.17) is 5.11 Å². The normalized spacial score (nSPS) is 11.8. The summed E-state index contributed by atoms with van der Waals surface area (Å²) in [5.41, 5.74) is 1.40. The molecule has 0 aliphatic carbocycles. The molecule has 1 rings (SSSR count). The molecule has 1 aromatic rings. The summed E-state index contributed by atoms with van der Waals surface area (Å²) in [7, 11) is 0. The smallest absolute Gasteiger partial charge is 0.331 e. The van der Waals surface area contributed by atoms with Crippen molar-refractivity contribution in [2.24, 2.45) is 0 Å². The molecular formula is C12H13BrN2O3. The Kier molecular flexibility index (Phi) is 4.61. The fourth-order valence-corrected chi connectivity index (χ4v) is 1.61. The number of hydrogen-bond acceptors (Lipinski definition) is 3. The summed E-state index contributed by atoms with van der Waals surface area (Å²) in [6.45, 7) is 4.62. The van der Waals surface area contributed by atoms with Crippen LogP contribution >= 0.6 is 15.9 Å². The van der Waals surface area contributed by atoms with Crippen molar-refractivity contribution in [1.29, 1.82) is 0 Å². The summed E-state index contributed by atoms with van der Waals surface area (Å²) < 4.78 is 0.673. The van der Waals surface area contributed by atoms with Gasteiger partial charge < -0.3 is 10.4 Å². The van der Waals surface area contributed by atoms with Crippen LogP contribution in [-0.2, 0) is 9.59 Å². The molecule has 1 amide bonds. The van der Waals surface area contributed by atoms with Crippen LogP contribution in [0.5, 0.6) is 0 Å². The van der Waals surface area contributed by atoms with Crippen molar-refractivity contribution in [2.45, 2.75) is 20.8 Å². The Morgan fingerprint density at radius 3 is 2.39 bits per heavy atom. The van der Waals surface area contributed by atoms with Crippen LogP contribution in [0.4, 0.5) is 5.69 Å². The van der Waals surface area contributed by atoms with Crippen LogP contribution in [0.1, 0.15) is 19.5 Å². The summed E-state index contributed by atoms with van der Waals surface area (Å²) in [4.78, 5) is 26.7. The highest BCUT2D eigenvalue weighted by Crippen LogP contribution is 2.17. The van der Waals surface area contributed by atoms with Crippen LogP contribution in [0.15, 0.2) is 27.9 Å². The first-order valence-electron chi connectivity index (χ1n) is 5.18. The predicted octanol–water partition coefficient (Wildman–Crippen LogP) is 2.51. The standard InChI is InChI=1S/C12H13BrN2O3/c1-6(7(2)12(17)18)11(16)15-9-4-5-10(13)14-8(9)3/h4-5H,1-3H3,(H,15,16)(H,17,18)/b7-6+. The maximum Gasteiger partial charge on any atom is 0.331 e. The number of amides is 1. The molecule has 18 heavy (non-hydrogen) atoms. The minimum Gasteiger partial charge on any atom is -0.478 e. The molecule has 0 atom stereocenters. The Hall–Kier alpha value is -1.69. The van der Waals surface area contributed by atoms with Gasteiger partial charge in [0.05, 0.1) is 11.4 Å². The molecular weight excluding hydrogens is 300 g/mol. The molecule has 1 heterocycles. The Bertz CT molecular complexity index is 538.